The molecule has 6 nitrogen and oxygen atoms in total. The van der Waals surface area contributed by atoms with Crippen molar-refractivity contribution in [2.24, 2.45) is 5.92 Å². The lowest BCUT2D eigenvalue weighted by atomic mass is 10.0. The maximum absolute atomic E-state index is 14.8. The van der Waals surface area contributed by atoms with Gasteiger partial charge in [-0.1, -0.05) is 36.7 Å². The zero-order chi connectivity index (χ0) is 26.6. The molecule has 37 heavy (non-hydrogen) atoms. The Morgan fingerprint density at radius 2 is 1.62 bits per heavy atom. The molecule has 0 radical (unpaired) electrons. The van der Waals surface area contributed by atoms with E-state index in [9.17, 15) is 22.0 Å². The molecule has 196 valence electrons. The van der Waals surface area contributed by atoms with E-state index in [0.29, 0.717) is 31.2 Å². The minimum Gasteiger partial charge on any atom is -0.449 e. The Hall–Kier alpha value is -3.17. The van der Waals surface area contributed by atoms with Gasteiger partial charge in [0.05, 0.1) is 16.8 Å². The molecule has 4 rings (SSSR count). The number of benzene rings is 3. The van der Waals surface area contributed by atoms with Gasteiger partial charge < -0.3 is 14.5 Å². The highest BCUT2D eigenvalue weighted by atomic mass is 35.5. The van der Waals surface area contributed by atoms with Crippen LogP contribution in [0.1, 0.15) is 17.7 Å². The summed E-state index contributed by atoms with van der Waals surface area (Å²) in [6.45, 7) is 3.35. The van der Waals surface area contributed by atoms with E-state index in [2.05, 4.69) is 4.90 Å². The van der Waals surface area contributed by atoms with Crippen molar-refractivity contribution in [1.82, 2.24) is 4.90 Å². The number of anilines is 1. The smallest absolute Gasteiger partial charge is 0.409 e. The summed E-state index contributed by atoms with van der Waals surface area (Å²) in [6, 6.07) is 18.0. The minimum atomic E-state index is -4.20. The molecule has 2 atom stereocenters. The summed E-state index contributed by atoms with van der Waals surface area (Å²) < 4.78 is 61.5. The third-order valence-electron chi connectivity index (χ3n) is 6.39. The second kappa shape index (κ2) is 11.5. The zero-order valence-electron chi connectivity index (χ0n) is 20.2. The van der Waals surface area contributed by atoms with Crippen molar-refractivity contribution in [1.29, 1.82) is 0 Å². The van der Waals surface area contributed by atoms with E-state index in [0.717, 1.165) is 23.9 Å². The van der Waals surface area contributed by atoms with E-state index in [1.807, 2.05) is 30.3 Å². The van der Waals surface area contributed by atoms with Gasteiger partial charge in [-0.05, 0) is 54.6 Å². The van der Waals surface area contributed by atoms with Crippen molar-refractivity contribution in [3.8, 4) is 0 Å². The van der Waals surface area contributed by atoms with Crippen LogP contribution in [0.15, 0.2) is 77.7 Å². The van der Waals surface area contributed by atoms with E-state index in [4.69, 9.17) is 16.3 Å². The van der Waals surface area contributed by atoms with Crippen molar-refractivity contribution in [2.75, 3.05) is 37.7 Å². The molecule has 1 fully saturated rings. The number of amides is 1. The van der Waals surface area contributed by atoms with Gasteiger partial charge in [0.25, 0.3) is 0 Å². The number of carbonyl (C=O) groups excluding carboxylic acids is 1. The molecular weight excluding hydrogens is 522 g/mol. The van der Waals surface area contributed by atoms with Crippen LogP contribution in [0.2, 0.25) is 5.02 Å². The summed E-state index contributed by atoms with van der Waals surface area (Å²) in [7, 11) is -4.20. The molecule has 0 saturated carbocycles. The van der Waals surface area contributed by atoms with Crippen LogP contribution in [-0.4, -0.2) is 52.2 Å². The molecule has 0 aromatic heterocycles. The van der Waals surface area contributed by atoms with Gasteiger partial charge in [0, 0.05) is 48.4 Å². The van der Waals surface area contributed by atoms with Gasteiger partial charge in [0.2, 0.25) is 0 Å². The van der Waals surface area contributed by atoms with Crippen molar-refractivity contribution in [2.45, 2.75) is 17.1 Å². The van der Waals surface area contributed by atoms with E-state index in [1.54, 1.807) is 4.90 Å². The Labute approximate surface area is 220 Å². The van der Waals surface area contributed by atoms with Crippen LogP contribution >= 0.6 is 11.6 Å². The molecule has 3 aromatic carbocycles. The summed E-state index contributed by atoms with van der Waals surface area (Å²) in [5.74, 6) is -2.51. The van der Waals surface area contributed by atoms with Crippen molar-refractivity contribution >= 4 is 33.2 Å². The SMILES string of the molecule is C[C@H](COC(=O)N1CCN(c2ccccc2)CC1)[C@@H](c1cc(F)ccc1F)S(=O)(=O)c1ccc(Cl)cc1. The molecule has 1 amide bonds. The minimum absolute atomic E-state index is 0.0965. The third-order valence-corrected chi connectivity index (χ3v) is 8.96. The van der Waals surface area contributed by atoms with Crippen molar-refractivity contribution in [3.05, 3.63) is 95.0 Å². The second-order valence-corrected chi connectivity index (χ2v) is 11.5. The van der Waals surface area contributed by atoms with E-state index in [-0.39, 0.29) is 17.1 Å². The largest absolute Gasteiger partial charge is 0.449 e. The van der Waals surface area contributed by atoms with Gasteiger partial charge in [0.15, 0.2) is 9.84 Å². The number of sulfone groups is 1. The molecule has 0 N–H and O–H groups in total. The predicted molar refractivity (Wildman–Crippen MR) is 138 cm³/mol. The Morgan fingerprint density at radius 1 is 0.973 bits per heavy atom. The standard InChI is InChI=1S/C27H27ClF2N2O4S/c1-19(18-36-27(33)32-15-13-31(14-16-32)22-5-3-2-4-6-22)26(24-17-21(29)9-12-25(24)30)37(34,35)23-10-7-20(28)8-11-23/h2-12,17,19,26H,13-16,18H2,1H3/t19-,26+/m1/s1. The predicted octanol–water partition coefficient (Wildman–Crippen LogP) is 5.73. The van der Waals surface area contributed by atoms with Crippen LogP contribution in [0.5, 0.6) is 0 Å². The number of piperazine rings is 1. The normalized spacial score (nSPS) is 15.8. The average Bonchev–Trinajstić information content (AvgIpc) is 2.90. The molecule has 10 heteroatoms. The Bertz CT molecular complexity index is 1330. The molecule has 1 aliphatic heterocycles. The van der Waals surface area contributed by atoms with E-state index in [1.165, 1.54) is 31.2 Å². The molecule has 3 aromatic rings. The van der Waals surface area contributed by atoms with E-state index >= 15 is 0 Å². The number of carbonyl (C=O) groups is 1. The van der Waals surface area contributed by atoms with Crippen LogP contribution < -0.4 is 4.90 Å². The quantitative estimate of drug-likeness (QED) is 0.377. The molecule has 0 spiro atoms. The zero-order valence-corrected chi connectivity index (χ0v) is 21.8. The summed E-state index contributed by atoms with van der Waals surface area (Å²) in [6.07, 6.45) is -0.582. The summed E-state index contributed by atoms with van der Waals surface area (Å²) in [5.41, 5.74) is 0.742. The number of hydrogen-bond acceptors (Lipinski definition) is 5. The van der Waals surface area contributed by atoms with Gasteiger partial charge in [-0.15, -0.1) is 0 Å². The van der Waals surface area contributed by atoms with Gasteiger partial charge in [-0.25, -0.2) is 22.0 Å². The Morgan fingerprint density at radius 3 is 2.27 bits per heavy atom. The summed E-state index contributed by atoms with van der Waals surface area (Å²) in [4.78, 5) is 16.4. The average molecular weight is 549 g/mol. The highest BCUT2D eigenvalue weighted by Gasteiger charge is 2.37. The van der Waals surface area contributed by atoms with Gasteiger partial charge in [-0.3, -0.25) is 0 Å². The topological polar surface area (TPSA) is 66.9 Å². The van der Waals surface area contributed by atoms with Crippen molar-refractivity contribution < 1.29 is 26.7 Å². The highest BCUT2D eigenvalue weighted by molar-refractivity contribution is 7.91. The molecule has 0 bridgehead atoms. The molecule has 1 saturated heterocycles. The van der Waals surface area contributed by atoms with Crippen LogP contribution in [0.3, 0.4) is 0 Å². The fraction of sp³-hybridized carbons (Fsp3) is 0.296. The number of para-hydroxylation sites is 1. The van der Waals surface area contributed by atoms with Crippen LogP contribution in [0.4, 0.5) is 19.3 Å². The van der Waals surface area contributed by atoms with E-state index < -0.39 is 38.7 Å². The molecule has 1 heterocycles. The second-order valence-electron chi connectivity index (χ2n) is 8.95. The van der Waals surface area contributed by atoms with Crippen LogP contribution in [0, 0.1) is 17.6 Å². The molecular formula is C27H27ClF2N2O4S. The number of hydrogen-bond donors (Lipinski definition) is 0. The monoisotopic (exact) mass is 548 g/mol. The number of ether oxygens (including phenoxy) is 1. The molecule has 1 aliphatic rings. The first-order chi connectivity index (χ1) is 17.7. The Balaban J connectivity index is 1.48. The number of halogens is 3. The maximum Gasteiger partial charge on any atom is 0.409 e. The first-order valence-electron chi connectivity index (χ1n) is 11.8. The maximum atomic E-state index is 14.8. The summed E-state index contributed by atoms with van der Waals surface area (Å²) >= 11 is 5.90. The lowest BCUT2D eigenvalue weighted by Gasteiger charge is -2.35. The van der Waals surface area contributed by atoms with Gasteiger partial charge in [0.1, 0.15) is 11.6 Å². The fourth-order valence-electron chi connectivity index (χ4n) is 4.45. The lowest BCUT2D eigenvalue weighted by Crippen LogP contribution is -2.49. The van der Waals surface area contributed by atoms with Crippen molar-refractivity contribution in [3.63, 3.8) is 0 Å². The molecule has 0 aliphatic carbocycles. The van der Waals surface area contributed by atoms with Crippen LogP contribution in [0.25, 0.3) is 0 Å². The first-order valence-corrected chi connectivity index (χ1v) is 13.8. The van der Waals surface area contributed by atoms with Gasteiger partial charge >= 0.3 is 6.09 Å². The first kappa shape index (κ1) is 26.9. The van der Waals surface area contributed by atoms with Crippen LogP contribution in [-0.2, 0) is 14.6 Å². The number of nitrogens with zero attached hydrogens (tertiary/aromatic N) is 2. The van der Waals surface area contributed by atoms with Gasteiger partial charge in [-0.2, -0.15) is 0 Å². The fourth-order valence-corrected chi connectivity index (χ4v) is 6.59. The Kier molecular flexibility index (Phi) is 8.34. The summed E-state index contributed by atoms with van der Waals surface area (Å²) in [5, 5.41) is -1.16. The third kappa shape index (κ3) is 6.22. The molecule has 0 unspecified atom stereocenters. The lowest BCUT2D eigenvalue weighted by molar-refractivity contribution is 0.0870. The number of rotatable bonds is 7. The highest BCUT2D eigenvalue weighted by Crippen LogP contribution is 2.37.